The van der Waals surface area contributed by atoms with E-state index in [4.69, 9.17) is 25.3 Å². The molecule has 7 rings (SSSR count). The highest BCUT2D eigenvalue weighted by molar-refractivity contribution is 7.16. The van der Waals surface area contributed by atoms with Gasteiger partial charge >= 0.3 is 0 Å². The summed E-state index contributed by atoms with van der Waals surface area (Å²) in [7, 11) is 4.10. The van der Waals surface area contributed by atoms with Crippen molar-refractivity contribution in [1.29, 1.82) is 5.26 Å². The van der Waals surface area contributed by atoms with Crippen molar-refractivity contribution in [2.45, 2.75) is 75.8 Å². The van der Waals surface area contributed by atoms with Crippen LogP contribution in [0.4, 0.5) is 10.8 Å². The number of likely N-dealkylation sites (N-methyl/N-ethyl adjacent to an activating group) is 2. The van der Waals surface area contributed by atoms with Crippen molar-refractivity contribution in [3.05, 3.63) is 33.5 Å². The summed E-state index contributed by atoms with van der Waals surface area (Å²) in [5, 5.41) is 30.7. The van der Waals surface area contributed by atoms with Gasteiger partial charge in [-0.2, -0.15) is 10.4 Å². The fourth-order valence-electron chi connectivity index (χ4n) is 7.79. The van der Waals surface area contributed by atoms with Gasteiger partial charge in [0.05, 0.1) is 35.2 Å². The number of aliphatic hydroxyl groups excluding tert-OH is 1. The fraction of sp³-hybridized carbons (Fsp3) is 0.567. The first kappa shape index (κ1) is 27.3. The lowest BCUT2D eigenvalue weighted by Crippen LogP contribution is -2.35. The van der Waals surface area contributed by atoms with E-state index in [1.54, 1.807) is 11.3 Å². The molecule has 0 aromatic carbocycles. The number of aliphatic hydroxyl groups is 1. The fourth-order valence-corrected chi connectivity index (χ4v) is 8.95. The molecule has 42 heavy (non-hydrogen) atoms. The number of nitriles is 1. The van der Waals surface area contributed by atoms with Gasteiger partial charge in [-0.3, -0.25) is 0 Å². The number of nitrogen functional groups attached to an aromatic ring is 1. The zero-order valence-electron chi connectivity index (χ0n) is 24.4. The van der Waals surface area contributed by atoms with Crippen molar-refractivity contribution in [2.75, 3.05) is 44.4 Å². The van der Waals surface area contributed by atoms with Crippen LogP contribution >= 0.6 is 11.3 Å². The molecule has 0 saturated carbocycles. The number of likely N-dealkylation sites (tertiary alicyclic amines) is 1. The maximum absolute atomic E-state index is 10.1. The molecule has 1 fully saturated rings. The number of hydrogen-bond acceptors (Lipinski definition) is 11. The number of nitrogens with zero attached hydrogens (tertiary/aromatic N) is 8. The molecule has 11 nitrogen and oxygen atoms in total. The van der Waals surface area contributed by atoms with Crippen molar-refractivity contribution < 1.29 is 9.63 Å². The van der Waals surface area contributed by atoms with Gasteiger partial charge in [-0.25, -0.2) is 14.6 Å². The second-order valence-electron chi connectivity index (χ2n) is 12.2. The molecule has 1 spiro atoms. The molecule has 12 heteroatoms. The van der Waals surface area contributed by atoms with Gasteiger partial charge in [-0.05, 0) is 77.4 Å². The summed E-state index contributed by atoms with van der Waals surface area (Å²) in [6.45, 7) is 3.72. The minimum Gasteiger partial charge on any atom is -0.395 e. The van der Waals surface area contributed by atoms with Gasteiger partial charge < -0.3 is 25.2 Å². The number of hydrogen-bond donors (Lipinski definition) is 2. The predicted molar refractivity (Wildman–Crippen MR) is 162 cm³/mol. The smallest absolute Gasteiger partial charge is 0.186 e. The van der Waals surface area contributed by atoms with Crippen LogP contribution in [-0.2, 0) is 18.3 Å². The average Bonchev–Trinajstić information content (AvgIpc) is 3.77. The Labute approximate surface area is 248 Å². The Morgan fingerprint density at radius 2 is 2.10 bits per heavy atom. The molecule has 0 amide bonds. The van der Waals surface area contributed by atoms with E-state index >= 15 is 0 Å². The summed E-state index contributed by atoms with van der Waals surface area (Å²) in [4.78, 5) is 15.7. The second-order valence-corrected chi connectivity index (χ2v) is 13.3. The molecular weight excluding hydrogens is 550 g/mol. The summed E-state index contributed by atoms with van der Waals surface area (Å²) in [5.41, 5.74) is 10.0. The molecule has 220 valence electrons. The number of nitrogens with two attached hydrogens (primary N) is 1. The van der Waals surface area contributed by atoms with Crippen LogP contribution in [-0.4, -0.2) is 74.7 Å². The first-order valence-electron chi connectivity index (χ1n) is 15.0. The van der Waals surface area contributed by atoms with Crippen LogP contribution in [0, 0.1) is 11.3 Å². The third kappa shape index (κ3) is 3.97. The van der Waals surface area contributed by atoms with E-state index in [1.807, 2.05) is 22.8 Å². The van der Waals surface area contributed by atoms with Gasteiger partial charge in [0, 0.05) is 30.1 Å². The van der Waals surface area contributed by atoms with Crippen molar-refractivity contribution >= 4 is 33.2 Å². The van der Waals surface area contributed by atoms with Crippen LogP contribution in [0.15, 0.2) is 10.7 Å². The molecule has 2 aliphatic carbocycles. The average molecular weight is 588 g/mol. The van der Waals surface area contributed by atoms with Crippen LogP contribution in [0.3, 0.4) is 0 Å². The molecule has 0 unspecified atom stereocenters. The van der Waals surface area contributed by atoms with E-state index in [1.165, 1.54) is 11.3 Å². The maximum Gasteiger partial charge on any atom is 0.186 e. The first-order chi connectivity index (χ1) is 20.4. The highest BCUT2D eigenvalue weighted by Gasteiger charge is 2.49. The molecule has 0 radical (unpaired) electrons. The van der Waals surface area contributed by atoms with E-state index in [0.29, 0.717) is 40.5 Å². The molecule has 4 aromatic rings. The Kier molecular flexibility index (Phi) is 6.72. The molecule has 1 saturated heterocycles. The SMILES string of the molecule is C[C@@H]([C@@H]1CCCN1C)n1ncc2c(N(C)CCO)nc(-c3noc4c3CCC[C@@]43CCCc4sc(N)c(C#N)c43)nc21. The van der Waals surface area contributed by atoms with Crippen molar-refractivity contribution in [3.8, 4) is 17.6 Å². The quantitative estimate of drug-likeness (QED) is 0.339. The summed E-state index contributed by atoms with van der Waals surface area (Å²) in [6, 6.07) is 2.89. The van der Waals surface area contributed by atoms with Crippen LogP contribution in [0.5, 0.6) is 0 Å². The van der Waals surface area contributed by atoms with Crippen molar-refractivity contribution in [1.82, 2.24) is 29.8 Å². The summed E-state index contributed by atoms with van der Waals surface area (Å²) < 4.78 is 8.28. The molecule has 3 aliphatic rings. The van der Waals surface area contributed by atoms with E-state index in [9.17, 15) is 10.4 Å². The van der Waals surface area contributed by atoms with Gasteiger partial charge in [-0.15, -0.1) is 11.3 Å². The topological polar surface area (TPSA) is 146 Å². The maximum atomic E-state index is 10.1. The normalized spacial score (nSPS) is 22.8. The van der Waals surface area contributed by atoms with Gasteiger partial charge in [-0.1, -0.05) is 5.16 Å². The standard InChI is InChI=1S/C30H37N9O2S/c1-17(21-8-6-12-37(21)2)39-29-20(16-33-39)28(38(3)13-14-40)34-27(35-29)24-18-7-4-10-30(25(18)41-36-24)11-5-9-22-23(30)19(15-31)26(32)42-22/h16-17,21,40H,4-14,32H2,1-3H3/t17-,21-,30-/m0/s1. The van der Waals surface area contributed by atoms with Crippen LogP contribution < -0.4 is 10.6 Å². The molecule has 0 bridgehead atoms. The predicted octanol–water partition coefficient (Wildman–Crippen LogP) is 4.04. The highest BCUT2D eigenvalue weighted by Crippen LogP contribution is 2.55. The molecular formula is C30H37N9O2S. The Bertz CT molecular complexity index is 1700. The lowest BCUT2D eigenvalue weighted by Gasteiger charge is -2.39. The minimum absolute atomic E-state index is 0.00392. The van der Waals surface area contributed by atoms with Crippen LogP contribution in [0.2, 0.25) is 0 Å². The van der Waals surface area contributed by atoms with Gasteiger partial charge in [0.1, 0.15) is 16.9 Å². The summed E-state index contributed by atoms with van der Waals surface area (Å²) >= 11 is 1.54. The number of fused-ring (bicyclic) bond motifs is 5. The van der Waals surface area contributed by atoms with E-state index in [2.05, 4.69) is 30.1 Å². The number of thiophene rings is 1. The number of rotatable bonds is 6. The van der Waals surface area contributed by atoms with Gasteiger partial charge in [0.15, 0.2) is 22.9 Å². The van der Waals surface area contributed by atoms with Gasteiger partial charge in [0.2, 0.25) is 0 Å². The molecule has 4 aromatic heterocycles. The second kappa shape index (κ2) is 10.3. The molecule has 3 N–H and O–H groups in total. The Balaban J connectivity index is 1.39. The zero-order valence-corrected chi connectivity index (χ0v) is 25.2. The molecule has 1 aliphatic heterocycles. The van der Waals surface area contributed by atoms with Crippen molar-refractivity contribution in [2.24, 2.45) is 0 Å². The number of anilines is 2. The third-order valence-electron chi connectivity index (χ3n) is 9.82. The minimum atomic E-state index is -0.407. The first-order valence-corrected chi connectivity index (χ1v) is 15.8. The van der Waals surface area contributed by atoms with Crippen LogP contribution in [0.1, 0.15) is 78.8 Å². The summed E-state index contributed by atoms with van der Waals surface area (Å²) in [5.74, 6) is 2.05. The number of aromatic nitrogens is 5. The van der Waals surface area contributed by atoms with Gasteiger partial charge in [0.25, 0.3) is 0 Å². The van der Waals surface area contributed by atoms with Crippen molar-refractivity contribution in [3.63, 3.8) is 0 Å². The molecule has 5 heterocycles. The number of aryl methyl sites for hydroxylation is 1. The van der Waals surface area contributed by atoms with E-state index in [0.717, 1.165) is 79.4 Å². The Morgan fingerprint density at radius 3 is 2.83 bits per heavy atom. The largest absolute Gasteiger partial charge is 0.395 e. The Hall–Kier alpha value is -3.53. The Morgan fingerprint density at radius 1 is 1.29 bits per heavy atom. The third-order valence-corrected chi connectivity index (χ3v) is 10.9. The highest BCUT2D eigenvalue weighted by atomic mass is 32.1. The van der Waals surface area contributed by atoms with E-state index in [-0.39, 0.29) is 12.6 Å². The molecule has 3 atom stereocenters. The summed E-state index contributed by atoms with van der Waals surface area (Å²) in [6.07, 6.45) is 9.63. The van der Waals surface area contributed by atoms with Crippen LogP contribution in [0.25, 0.3) is 22.6 Å². The lowest BCUT2D eigenvalue weighted by atomic mass is 9.63. The zero-order chi connectivity index (χ0) is 29.2. The lowest BCUT2D eigenvalue weighted by molar-refractivity contribution is 0.232. The monoisotopic (exact) mass is 587 g/mol. The van der Waals surface area contributed by atoms with E-state index < -0.39 is 5.41 Å².